The minimum absolute atomic E-state index is 0.307. The van der Waals surface area contributed by atoms with E-state index in [0.29, 0.717) is 14.5 Å². The SMILES string of the molecule is OCCCCPCl. The van der Waals surface area contributed by atoms with Crippen LogP contribution in [0.5, 0.6) is 0 Å². The molecule has 1 nitrogen and oxygen atoms in total. The van der Waals surface area contributed by atoms with Crippen LogP contribution in [0.2, 0.25) is 0 Å². The van der Waals surface area contributed by atoms with Crippen molar-refractivity contribution >= 4 is 19.2 Å². The van der Waals surface area contributed by atoms with Crippen LogP contribution < -0.4 is 0 Å². The van der Waals surface area contributed by atoms with E-state index < -0.39 is 0 Å². The summed E-state index contributed by atoms with van der Waals surface area (Å²) in [6, 6.07) is 0. The van der Waals surface area contributed by atoms with E-state index in [4.69, 9.17) is 16.3 Å². The first-order valence-electron chi connectivity index (χ1n) is 2.36. The lowest BCUT2D eigenvalue weighted by atomic mass is 10.4. The smallest absolute Gasteiger partial charge is 0.0431 e. The van der Waals surface area contributed by atoms with Crippen LogP contribution in [-0.4, -0.2) is 17.9 Å². The Kier molecular flexibility index (Phi) is 7.33. The molecule has 0 radical (unpaired) electrons. The fourth-order valence-electron chi connectivity index (χ4n) is 0.304. The van der Waals surface area contributed by atoms with E-state index in [1.807, 2.05) is 0 Å². The van der Waals surface area contributed by atoms with Gasteiger partial charge >= 0.3 is 0 Å². The predicted molar refractivity (Wildman–Crippen MR) is 35.4 cm³/mol. The Balaban J connectivity index is 2.45. The van der Waals surface area contributed by atoms with Crippen LogP contribution >= 0.6 is 19.2 Å². The van der Waals surface area contributed by atoms with E-state index in [1.165, 1.54) is 0 Å². The fourth-order valence-corrected chi connectivity index (χ4v) is 1.09. The Morgan fingerprint density at radius 2 is 2.14 bits per heavy atom. The molecule has 0 spiro atoms. The van der Waals surface area contributed by atoms with E-state index in [2.05, 4.69) is 0 Å². The van der Waals surface area contributed by atoms with Crippen molar-refractivity contribution in [1.29, 1.82) is 0 Å². The summed E-state index contributed by atoms with van der Waals surface area (Å²) in [5.41, 5.74) is 0. The highest BCUT2D eigenvalue weighted by Crippen LogP contribution is 2.16. The molecule has 1 unspecified atom stereocenters. The summed E-state index contributed by atoms with van der Waals surface area (Å²) in [7, 11) is 0.529. The molecular formula is C4H10ClOP. The molecule has 0 aromatic carbocycles. The van der Waals surface area contributed by atoms with Gasteiger partial charge in [0.05, 0.1) is 0 Å². The fraction of sp³-hybridized carbons (Fsp3) is 1.00. The van der Waals surface area contributed by atoms with Gasteiger partial charge in [-0.15, -0.1) is 11.2 Å². The lowest BCUT2D eigenvalue weighted by molar-refractivity contribution is 0.287. The Bertz CT molecular complexity index is 30.9. The van der Waals surface area contributed by atoms with Crippen LogP contribution in [0.25, 0.3) is 0 Å². The maximum atomic E-state index is 8.25. The van der Waals surface area contributed by atoms with Crippen molar-refractivity contribution < 1.29 is 5.11 Å². The summed E-state index contributed by atoms with van der Waals surface area (Å²) in [5.74, 6) is 0. The highest BCUT2D eigenvalue weighted by Gasteiger charge is 1.82. The van der Waals surface area contributed by atoms with Gasteiger partial charge in [0.1, 0.15) is 0 Å². The van der Waals surface area contributed by atoms with Gasteiger partial charge in [0.15, 0.2) is 0 Å². The number of rotatable bonds is 4. The Morgan fingerprint density at radius 1 is 1.43 bits per heavy atom. The molecule has 0 aromatic heterocycles. The molecule has 0 aliphatic carbocycles. The van der Waals surface area contributed by atoms with Crippen LogP contribution in [0.3, 0.4) is 0 Å². The van der Waals surface area contributed by atoms with E-state index in [0.717, 1.165) is 19.0 Å². The van der Waals surface area contributed by atoms with Crippen LogP contribution in [0, 0.1) is 0 Å². The predicted octanol–water partition coefficient (Wildman–Crippen LogP) is 1.59. The van der Waals surface area contributed by atoms with Gasteiger partial charge in [0, 0.05) is 6.61 Å². The molecule has 0 rings (SSSR count). The second-order valence-electron chi connectivity index (χ2n) is 1.31. The molecular weight excluding hydrogens is 130 g/mol. The van der Waals surface area contributed by atoms with Crippen molar-refractivity contribution in [2.75, 3.05) is 12.8 Å². The number of hydrogen-bond acceptors (Lipinski definition) is 1. The summed E-state index contributed by atoms with van der Waals surface area (Å²) in [6.45, 7) is 0.307. The molecule has 44 valence electrons. The highest BCUT2D eigenvalue weighted by atomic mass is 35.7. The van der Waals surface area contributed by atoms with Gasteiger partial charge < -0.3 is 5.11 Å². The van der Waals surface area contributed by atoms with Crippen LogP contribution in [0.15, 0.2) is 0 Å². The second-order valence-corrected chi connectivity index (χ2v) is 2.88. The topological polar surface area (TPSA) is 20.2 Å². The molecule has 1 N–H and O–H groups in total. The molecule has 0 fully saturated rings. The van der Waals surface area contributed by atoms with Crippen molar-refractivity contribution in [3.63, 3.8) is 0 Å². The third-order valence-electron chi connectivity index (χ3n) is 0.679. The van der Waals surface area contributed by atoms with E-state index in [1.54, 1.807) is 0 Å². The lowest BCUT2D eigenvalue weighted by Crippen LogP contribution is -1.81. The number of halogens is 1. The molecule has 3 heteroatoms. The largest absolute Gasteiger partial charge is 0.396 e. The first-order chi connectivity index (χ1) is 3.41. The molecule has 0 saturated heterocycles. The second kappa shape index (κ2) is 6.68. The summed E-state index contributed by atoms with van der Waals surface area (Å²) in [6.07, 6.45) is 3.03. The third-order valence-corrected chi connectivity index (χ3v) is 1.79. The first kappa shape index (κ1) is 7.68. The van der Waals surface area contributed by atoms with Gasteiger partial charge in [0.2, 0.25) is 0 Å². The maximum Gasteiger partial charge on any atom is 0.0431 e. The number of aliphatic hydroxyl groups is 1. The molecule has 0 saturated carbocycles. The molecule has 7 heavy (non-hydrogen) atoms. The zero-order chi connectivity index (χ0) is 5.54. The zero-order valence-electron chi connectivity index (χ0n) is 4.15. The Morgan fingerprint density at radius 3 is 2.57 bits per heavy atom. The minimum atomic E-state index is 0.307. The normalized spacial score (nSPS) is 11.1. The van der Waals surface area contributed by atoms with E-state index >= 15 is 0 Å². The van der Waals surface area contributed by atoms with E-state index in [9.17, 15) is 0 Å². The lowest BCUT2D eigenvalue weighted by Gasteiger charge is -1.89. The number of aliphatic hydroxyl groups excluding tert-OH is 1. The van der Waals surface area contributed by atoms with Gasteiger partial charge in [-0.05, 0) is 26.9 Å². The third kappa shape index (κ3) is 6.68. The standard InChI is InChI=1S/C4H10ClOP/c5-7-4-2-1-3-6/h6-7H,1-4H2. The van der Waals surface area contributed by atoms with Gasteiger partial charge in [0.25, 0.3) is 0 Å². The van der Waals surface area contributed by atoms with Crippen molar-refractivity contribution in [3.05, 3.63) is 0 Å². The van der Waals surface area contributed by atoms with E-state index in [-0.39, 0.29) is 0 Å². The zero-order valence-corrected chi connectivity index (χ0v) is 5.91. The number of hydrogen-bond donors (Lipinski definition) is 1. The molecule has 0 aliphatic heterocycles. The van der Waals surface area contributed by atoms with Crippen LogP contribution in [0.4, 0.5) is 0 Å². The van der Waals surface area contributed by atoms with Crippen molar-refractivity contribution in [2.24, 2.45) is 0 Å². The van der Waals surface area contributed by atoms with Gasteiger partial charge in [-0.25, -0.2) is 0 Å². The average molecular weight is 141 g/mol. The monoisotopic (exact) mass is 140 g/mol. The molecule has 1 atom stereocenters. The van der Waals surface area contributed by atoms with Crippen molar-refractivity contribution in [2.45, 2.75) is 12.8 Å². The van der Waals surface area contributed by atoms with Gasteiger partial charge in [-0.2, -0.15) is 0 Å². The molecule has 0 aromatic rings. The molecule has 0 bridgehead atoms. The van der Waals surface area contributed by atoms with Gasteiger partial charge in [-0.1, -0.05) is 0 Å². The molecule has 0 amide bonds. The summed E-state index contributed by atoms with van der Waals surface area (Å²) < 4.78 is 0. The quantitative estimate of drug-likeness (QED) is 0.465. The Labute approximate surface area is 50.6 Å². The Hall–Kier alpha value is 0.680. The van der Waals surface area contributed by atoms with Gasteiger partial charge in [-0.3, -0.25) is 0 Å². The van der Waals surface area contributed by atoms with Crippen molar-refractivity contribution in [3.8, 4) is 0 Å². The molecule has 0 heterocycles. The maximum absolute atomic E-state index is 8.25. The molecule has 0 aliphatic rings. The first-order valence-corrected chi connectivity index (χ1v) is 4.58. The summed E-state index contributed by atoms with van der Waals surface area (Å²) in [5, 5.41) is 8.25. The van der Waals surface area contributed by atoms with Crippen LogP contribution in [-0.2, 0) is 0 Å². The van der Waals surface area contributed by atoms with Crippen LogP contribution in [0.1, 0.15) is 12.8 Å². The minimum Gasteiger partial charge on any atom is -0.396 e. The summed E-state index contributed by atoms with van der Waals surface area (Å²) >= 11 is 5.38. The highest BCUT2D eigenvalue weighted by molar-refractivity contribution is 7.68. The number of unbranched alkanes of at least 4 members (excludes halogenated alkanes) is 1. The average Bonchev–Trinajstić information content (AvgIpc) is 1.69. The van der Waals surface area contributed by atoms with Crippen molar-refractivity contribution in [1.82, 2.24) is 0 Å². The summed E-state index contributed by atoms with van der Waals surface area (Å²) in [4.78, 5) is 0.